The predicted octanol–water partition coefficient (Wildman–Crippen LogP) is 6.72. The number of nitrogens with one attached hydrogen (secondary N) is 1. The molecule has 1 unspecified atom stereocenters. The third kappa shape index (κ3) is 5.66. The van der Waals surface area contributed by atoms with Crippen molar-refractivity contribution >= 4 is 29.3 Å². The molecule has 1 heterocycles. The Balaban J connectivity index is 1.55. The summed E-state index contributed by atoms with van der Waals surface area (Å²) in [7, 11) is 0. The lowest BCUT2D eigenvalue weighted by atomic mass is 9.84. The maximum atomic E-state index is 13.1. The summed E-state index contributed by atoms with van der Waals surface area (Å²) < 4.78 is 2.07. The van der Waals surface area contributed by atoms with E-state index in [4.69, 9.17) is 11.6 Å². The van der Waals surface area contributed by atoms with Gasteiger partial charge in [-0.15, -0.1) is 10.2 Å². The van der Waals surface area contributed by atoms with E-state index in [2.05, 4.69) is 51.3 Å². The molecule has 0 spiro atoms. The molecule has 3 aromatic carbocycles. The van der Waals surface area contributed by atoms with Crippen LogP contribution in [0.15, 0.2) is 84.0 Å². The van der Waals surface area contributed by atoms with Crippen LogP contribution in [0.4, 0.5) is 0 Å². The Bertz CT molecular complexity index is 1320. The van der Waals surface area contributed by atoms with Gasteiger partial charge in [-0.3, -0.25) is 9.36 Å². The summed E-state index contributed by atoms with van der Waals surface area (Å²) in [5.74, 6) is 1.65. The molecule has 0 bridgehead atoms. The Labute approximate surface area is 221 Å². The van der Waals surface area contributed by atoms with Gasteiger partial charge >= 0.3 is 0 Å². The van der Waals surface area contributed by atoms with Gasteiger partial charge in [0.2, 0.25) is 5.91 Å². The van der Waals surface area contributed by atoms with E-state index in [1.807, 2.05) is 54.6 Å². The van der Waals surface area contributed by atoms with Crippen molar-refractivity contribution in [1.29, 1.82) is 0 Å². The fourth-order valence-electron chi connectivity index (χ4n) is 4.39. The molecule has 36 heavy (non-hydrogen) atoms. The number of hydrogen-bond donors (Lipinski definition) is 1. The van der Waals surface area contributed by atoms with E-state index in [0.29, 0.717) is 17.3 Å². The third-order valence-corrected chi connectivity index (χ3v) is 7.90. The van der Waals surface area contributed by atoms with Crippen LogP contribution >= 0.6 is 23.4 Å². The maximum Gasteiger partial charge on any atom is 0.223 e. The SMILES string of the molecule is Cc1ccc(Cl)cc1-n1c(SCc2ccccc2)nnc1C(Cc1ccccc1)NC(=O)C1CCC1. The van der Waals surface area contributed by atoms with Gasteiger partial charge in [-0.05, 0) is 55.0 Å². The van der Waals surface area contributed by atoms with Gasteiger partial charge in [-0.1, -0.05) is 96.5 Å². The summed E-state index contributed by atoms with van der Waals surface area (Å²) in [6.07, 6.45) is 3.63. The molecule has 7 heteroatoms. The Morgan fingerprint density at radius 3 is 2.39 bits per heavy atom. The lowest BCUT2D eigenvalue weighted by Crippen LogP contribution is -2.38. The molecular weight excluding hydrogens is 488 g/mol. The van der Waals surface area contributed by atoms with Crippen molar-refractivity contribution in [2.24, 2.45) is 5.92 Å². The van der Waals surface area contributed by atoms with E-state index in [-0.39, 0.29) is 17.9 Å². The second-order valence-electron chi connectivity index (χ2n) is 9.26. The molecule has 1 aliphatic rings. The number of halogens is 1. The van der Waals surface area contributed by atoms with Gasteiger partial charge in [0.25, 0.3) is 0 Å². The zero-order valence-electron chi connectivity index (χ0n) is 20.2. The molecule has 5 nitrogen and oxygen atoms in total. The number of benzene rings is 3. The normalized spacial score (nSPS) is 14.3. The van der Waals surface area contributed by atoms with Crippen LogP contribution in [0, 0.1) is 12.8 Å². The molecule has 1 amide bonds. The molecule has 1 atom stereocenters. The highest BCUT2D eigenvalue weighted by molar-refractivity contribution is 7.98. The molecule has 1 saturated carbocycles. The topological polar surface area (TPSA) is 59.8 Å². The maximum absolute atomic E-state index is 13.1. The second-order valence-corrected chi connectivity index (χ2v) is 10.6. The van der Waals surface area contributed by atoms with Crippen molar-refractivity contribution < 1.29 is 4.79 Å². The van der Waals surface area contributed by atoms with Crippen molar-refractivity contribution in [3.8, 4) is 5.69 Å². The monoisotopic (exact) mass is 516 g/mol. The highest BCUT2D eigenvalue weighted by Gasteiger charge is 2.30. The van der Waals surface area contributed by atoms with Crippen LogP contribution in [-0.2, 0) is 17.0 Å². The van der Waals surface area contributed by atoms with Crippen LogP contribution in [0.25, 0.3) is 5.69 Å². The number of nitrogens with zero attached hydrogens (tertiary/aromatic N) is 3. The Kier molecular flexibility index (Phi) is 7.73. The van der Waals surface area contributed by atoms with Crippen LogP contribution in [0.3, 0.4) is 0 Å². The van der Waals surface area contributed by atoms with Gasteiger partial charge in [-0.25, -0.2) is 0 Å². The lowest BCUT2D eigenvalue weighted by molar-refractivity contribution is -0.128. The van der Waals surface area contributed by atoms with Gasteiger partial charge < -0.3 is 5.32 Å². The minimum atomic E-state index is -0.322. The smallest absolute Gasteiger partial charge is 0.223 e. The highest BCUT2D eigenvalue weighted by atomic mass is 35.5. The zero-order valence-corrected chi connectivity index (χ0v) is 21.8. The molecule has 184 valence electrons. The fourth-order valence-corrected chi connectivity index (χ4v) is 5.46. The standard InChI is InChI=1S/C29H29ClN4OS/c1-20-15-16-24(30)18-26(20)34-27(32-33-29(34)36-19-22-11-6-3-7-12-22)25(17-21-9-4-2-5-10-21)31-28(35)23-13-8-14-23/h2-7,9-12,15-16,18,23,25H,8,13-14,17,19H2,1H3,(H,31,35). The first-order chi connectivity index (χ1) is 17.6. The summed E-state index contributed by atoms with van der Waals surface area (Å²) >= 11 is 8.07. The van der Waals surface area contributed by atoms with Gasteiger partial charge in [0.05, 0.1) is 11.7 Å². The quantitative estimate of drug-likeness (QED) is 0.251. The lowest BCUT2D eigenvalue weighted by Gasteiger charge is -2.27. The molecule has 1 aromatic heterocycles. The first kappa shape index (κ1) is 24.6. The summed E-state index contributed by atoms with van der Waals surface area (Å²) in [6.45, 7) is 2.06. The van der Waals surface area contributed by atoms with Crippen molar-refractivity contribution in [2.45, 2.75) is 49.6 Å². The van der Waals surface area contributed by atoms with E-state index >= 15 is 0 Å². The number of aryl methyl sites for hydroxylation is 1. The minimum Gasteiger partial charge on any atom is -0.345 e. The summed E-state index contributed by atoms with van der Waals surface area (Å²) in [5, 5.41) is 14.0. The Morgan fingerprint density at radius 1 is 1.03 bits per heavy atom. The van der Waals surface area contributed by atoms with E-state index in [9.17, 15) is 4.79 Å². The van der Waals surface area contributed by atoms with Crippen molar-refractivity contribution in [2.75, 3.05) is 0 Å². The molecule has 0 aliphatic heterocycles. The first-order valence-corrected chi connectivity index (χ1v) is 13.7. The predicted molar refractivity (Wildman–Crippen MR) is 145 cm³/mol. The van der Waals surface area contributed by atoms with E-state index in [1.165, 1.54) is 5.56 Å². The van der Waals surface area contributed by atoms with Crippen molar-refractivity contribution in [1.82, 2.24) is 20.1 Å². The number of rotatable bonds is 9. The van der Waals surface area contributed by atoms with Crippen molar-refractivity contribution in [3.05, 3.63) is 106 Å². The van der Waals surface area contributed by atoms with E-state index in [0.717, 1.165) is 47.0 Å². The Morgan fingerprint density at radius 2 is 1.72 bits per heavy atom. The fraction of sp³-hybridized carbons (Fsp3) is 0.276. The van der Waals surface area contributed by atoms with Gasteiger partial charge in [0.1, 0.15) is 0 Å². The minimum absolute atomic E-state index is 0.0828. The van der Waals surface area contributed by atoms with Crippen LogP contribution in [0.1, 0.15) is 47.8 Å². The number of hydrogen-bond acceptors (Lipinski definition) is 4. The summed E-state index contributed by atoms with van der Waals surface area (Å²) in [6, 6.07) is 26.0. The van der Waals surface area contributed by atoms with Gasteiger partial charge in [0, 0.05) is 16.7 Å². The number of aromatic nitrogens is 3. The number of carbonyl (C=O) groups is 1. The largest absolute Gasteiger partial charge is 0.345 e. The van der Waals surface area contributed by atoms with E-state index < -0.39 is 0 Å². The highest BCUT2D eigenvalue weighted by Crippen LogP contribution is 2.33. The summed E-state index contributed by atoms with van der Waals surface area (Å²) in [4.78, 5) is 13.1. The van der Waals surface area contributed by atoms with Crippen LogP contribution in [-0.4, -0.2) is 20.7 Å². The Hall–Kier alpha value is -3.09. The zero-order chi connectivity index (χ0) is 24.9. The average molecular weight is 517 g/mol. The molecule has 4 aromatic rings. The van der Waals surface area contributed by atoms with E-state index in [1.54, 1.807) is 11.8 Å². The second kappa shape index (κ2) is 11.3. The molecule has 1 fully saturated rings. The molecule has 0 radical (unpaired) electrons. The molecule has 1 N–H and O–H groups in total. The molecule has 1 aliphatic carbocycles. The number of thioether (sulfide) groups is 1. The number of amides is 1. The van der Waals surface area contributed by atoms with Gasteiger partial charge in [0.15, 0.2) is 11.0 Å². The van der Waals surface area contributed by atoms with Gasteiger partial charge in [-0.2, -0.15) is 0 Å². The average Bonchev–Trinajstić information content (AvgIpc) is 3.28. The van der Waals surface area contributed by atoms with Crippen LogP contribution in [0.2, 0.25) is 5.02 Å². The first-order valence-electron chi connectivity index (χ1n) is 12.3. The van der Waals surface area contributed by atoms with Crippen LogP contribution in [0.5, 0.6) is 0 Å². The summed E-state index contributed by atoms with van der Waals surface area (Å²) in [5.41, 5.74) is 4.33. The molecular formula is C29H29ClN4OS. The number of carbonyl (C=O) groups excluding carboxylic acids is 1. The molecule has 5 rings (SSSR count). The van der Waals surface area contributed by atoms with Crippen LogP contribution < -0.4 is 5.32 Å². The third-order valence-electron chi connectivity index (χ3n) is 6.67. The van der Waals surface area contributed by atoms with Crippen molar-refractivity contribution in [3.63, 3.8) is 0 Å². The molecule has 0 saturated heterocycles.